The van der Waals surface area contributed by atoms with Gasteiger partial charge in [-0.25, -0.2) is 0 Å². The summed E-state index contributed by atoms with van der Waals surface area (Å²) in [5.74, 6) is 0.289. The Hall–Kier alpha value is -1.89. The monoisotopic (exact) mass is 347 g/mol. The lowest BCUT2D eigenvalue weighted by Crippen LogP contribution is -2.50. The Kier molecular flexibility index (Phi) is 5.42. The van der Waals surface area contributed by atoms with Gasteiger partial charge in [0, 0.05) is 58.0 Å². The normalized spacial score (nSPS) is 24.0. The lowest BCUT2D eigenvalue weighted by atomic mass is 10.0. The summed E-state index contributed by atoms with van der Waals surface area (Å²) in [5.41, 5.74) is 1.04. The minimum Gasteiger partial charge on any atom is -0.340 e. The van der Waals surface area contributed by atoms with E-state index in [0.717, 1.165) is 44.3 Å². The van der Waals surface area contributed by atoms with E-state index in [9.17, 15) is 9.59 Å². The molecule has 2 saturated heterocycles. The van der Waals surface area contributed by atoms with Crippen molar-refractivity contribution in [2.24, 2.45) is 7.05 Å². The third-order valence-electron chi connectivity index (χ3n) is 5.50. The first-order chi connectivity index (χ1) is 12.0. The molecule has 0 unspecified atom stereocenters. The Balaban J connectivity index is 1.59. The van der Waals surface area contributed by atoms with Crippen molar-refractivity contribution < 1.29 is 9.59 Å². The van der Waals surface area contributed by atoms with E-state index in [1.54, 1.807) is 22.7 Å². The number of rotatable bonds is 5. The van der Waals surface area contributed by atoms with E-state index in [2.05, 4.69) is 10.00 Å². The summed E-state index contributed by atoms with van der Waals surface area (Å²) < 4.78 is 1.75. The highest BCUT2D eigenvalue weighted by Gasteiger charge is 2.39. The van der Waals surface area contributed by atoms with E-state index < -0.39 is 0 Å². The van der Waals surface area contributed by atoms with E-state index in [0.29, 0.717) is 19.1 Å². The second kappa shape index (κ2) is 7.56. The fraction of sp³-hybridized carbons (Fsp3) is 0.722. The van der Waals surface area contributed by atoms with Gasteiger partial charge in [0.15, 0.2) is 0 Å². The van der Waals surface area contributed by atoms with Gasteiger partial charge in [-0.1, -0.05) is 0 Å². The summed E-state index contributed by atoms with van der Waals surface area (Å²) in [5, 5.41) is 4.15. The molecule has 2 aliphatic rings. The average molecular weight is 347 g/mol. The molecular formula is C18H29N5O2. The van der Waals surface area contributed by atoms with Crippen molar-refractivity contribution in [1.29, 1.82) is 0 Å². The lowest BCUT2D eigenvalue weighted by molar-refractivity contribution is -0.133. The number of carbonyl (C=O) groups is 2. The predicted octanol–water partition coefficient (Wildman–Crippen LogP) is 0.854. The number of aryl methyl sites for hydroxylation is 1. The molecule has 138 valence electrons. The molecule has 0 N–H and O–H groups in total. The third kappa shape index (κ3) is 4.03. The smallest absolute Gasteiger partial charge is 0.236 e. The number of hydrogen-bond donors (Lipinski definition) is 0. The Labute approximate surface area is 149 Å². The Morgan fingerprint density at radius 2 is 1.96 bits per heavy atom. The Morgan fingerprint density at radius 3 is 2.64 bits per heavy atom. The summed E-state index contributed by atoms with van der Waals surface area (Å²) in [6, 6.07) is 0.596. The van der Waals surface area contributed by atoms with Crippen molar-refractivity contribution in [1.82, 2.24) is 24.5 Å². The molecule has 1 aromatic heterocycles. The van der Waals surface area contributed by atoms with Gasteiger partial charge < -0.3 is 9.80 Å². The lowest BCUT2D eigenvalue weighted by Gasteiger charge is -2.35. The molecule has 2 aliphatic heterocycles. The predicted molar refractivity (Wildman–Crippen MR) is 94.7 cm³/mol. The number of likely N-dealkylation sites (N-methyl/N-ethyl adjacent to an activating group) is 1. The highest BCUT2D eigenvalue weighted by Crippen LogP contribution is 2.30. The standard InChI is InChI=1S/C18H29N5O2/c1-14(24)23-9-5-7-17(23)16-6-4-8-22(16)13-18(25)20(2)11-15-10-19-21(3)12-15/h10,12,16-17H,4-9,11,13H2,1-3H3/t16-,17+/m0/s1. The van der Waals surface area contributed by atoms with Gasteiger partial charge in [0.05, 0.1) is 12.7 Å². The van der Waals surface area contributed by atoms with E-state index in [-0.39, 0.29) is 17.9 Å². The van der Waals surface area contributed by atoms with Crippen molar-refractivity contribution in [3.05, 3.63) is 18.0 Å². The van der Waals surface area contributed by atoms with Gasteiger partial charge in [-0.15, -0.1) is 0 Å². The first kappa shape index (κ1) is 17.9. The van der Waals surface area contributed by atoms with Crippen LogP contribution in [0.3, 0.4) is 0 Å². The molecular weight excluding hydrogens is 318 g/mol. The van der Waals surface area contributed by atoms with Crippen LogP contribution < -0.4 is 0 Å². The zero-order chi connectivity index (χ0) is 18.0. The highest BCUT2D eigenvalue weighted by atomic mass is 16.2. The van der Waals surface area contributed by atoms with Crippen molar-refractivity contribution in [3.63, 3.8) is 0 Å². The Bertz CT molecular complexity index is 629. The van der Waals surface area contributed by atoms with Crippen molar-refractivity contribution >= 4 is 11.8 Å². The molecule has 2 amide bonds. The van der Waals surface area contributed by atoms with Crippen molar-refractivity contribution in [2.45, 2.75) is 51.2 Å². The van der Waals surface area contributed by atoms with Gasteiger partial charge in [-0.2, -0.15) is 5.10 Å². The maximum absolute atomic E-state index is 12.7. The zero-order valence-electron chi connectivity index (χ0n) is 15.5. The molecule has 7 heteroatoms. The topological polar surface area (TPSA) is 61.7 Å². The number of likely N-dealkylation sites (tertiary alicyclic amines) is 2. The van der Waals surface area contributed by atoms with E-state index >= 15 is 0 Å². The Morgan fingerprint density at radius 1 is 1.24 bits per heavy atom. The number of nitrogens with zero attached hydrogens (tertiary/aromatic N) is 5. The van der Waals surface area contributed by atoms with Crippen LogP contribution in [0.15, 0.2) is 12.4 Å². The number of carbonyl (C=O) groups excluding carboxylic acids is 2. The summed E-state index contributed by atoms with van der Waals surface area (Å²) in [4.78, 5) is 30.6. The minimum atomic E-state index is 0.128. The van der Waals surface area contributed by atoms with Gasteiger partial charge in [0.2, 0.25) is 11.8 Å². The molecule has 7 nitrogen and oxygen atoms in total. The third-order valence-corrected chi connectivity index (χ3v) is 5.50. The number of hydrogen-bond acceptors (Lipinski definition) is 4. The summed E-state index contributed by atoms with van der Waals surface area (Å²) >= 11 is 0. The molecule has 0 bridgehead atoms. The first-order valence-electron chi connectivity index (χ1n) is 9.18. The van der Waals surface area contributed by atoms with Crippen LogP contribution in [0.4, 0.5) is 0 Å². The highest BCUT2D eigenvalue weighted by molar-refractivity contribution is 5.78. The second-order valence-electron chi connectivity index (χ2n) is 7.37. The maximum atomic E-state index is 12.7. The van der Waals surface area contributed by atoms with E-state index in [1.165, 1.54) is 0 Å². The molecule has 3 rings (SSSR count). The van der Waals surface area contributed by atoms with E-state index in [1.807, 2.05) is 25.2 Å². The van der Waals surface area contributed by atoms with Crippen LogP contribution in [0.1, 0.15) is 38.2 Å². The number of amides is 2. The molecule has 0 aliphatic carbocycles. The van der Waals surface area contributed by atoms with Crippen molar-refractivity contribution in [2.75, 3.05) is 26.7 Å². The summed E-state index contributed by atoms with van der Waals surface area (Å²) in [6.45, 7) is 4.47. The fourth-order valence-electron chi connectivity index (χ4n) is 4.28. The molecule has 0 spiro atoms. The molecule has 0 radical (unpaired) electrons. The van der Waals surface area contributed by atoms with Crippen LogP contribution in [0.5, 0.6) is 0 Å². The van der Waals surface area contributed by atoms with Gasteiger partial charge in [-0.05, 0) is 32.2 Å². The molecule has 2 fully saturated rings. The molecule has 25 heavy (non-hydrogen) atoms. The van der Waals surface area contributed by atoms with Crippen LogP contribution in [0.2, 0.25) is 0 Å². The molecule has 2 atom stereocenters. The molecule has 1 aromatic rings. The van der Waals surface area contributed by atoms with E-state index in [4.69, 9.17) is 0 Å². The van der Waals surface area contributed by atoms with Crippen LogP contribution in [0, 0.1) is 0 Å². The molecule has 0 saturated carbocycles. The van der Waals surface area contributed by atoms with Crippen LogP contribution in [0.25, 0.3) is 0 Å². The van der Waals surface area contributed by atoms with Crippen LogP contribution in [-0.4, -0.2) is 75.1 Å². The van der Waals surface area contributed by atoms with Crippen LogP contribution >= 0.6 is 0 Å². The second-order valence-corrected chi connectivity index (χ2v) is 7.37. The van der Waals surface area contributed by atoms with Gasteiger partial charge >= 0.3 is 0 Å². The summed E-state index contributed by atoms with van der Waals surface area (Å²) in [6.07, 6.45) is 8.04. The largest absolute Gasteiger partial charge is 0.340 e. The fourth-order valence-corrected chi connectivity index (χ4v) is 4.28. The minimum absolute atomic E-state index is 0.128. The summed E-state index contributed by atoms with van der Waals surface area (Å²) in [7, 11) is 3.72. The SMILES string of the molecule is CC(=O)N1CCC[C@@H]1[C@@H]1CCCN1CC(=O)N(C)Cc1cnn(C)c1. The molecule has 0 aromatic carbocycles. The van der Waals surface area contributed by atoms with Crippen molar-refractivity contribution in [3.8, 4) is 0 Å². The quantitative estimate of drug-likeness (QED) is 0.792. The first-order valence-corrected chi connectivity index (χ1v) is 9.18. The number of aromatic nitrogens is 2. The van der Waals surface area contributed by atoms with Crippen LogP contribution in [-0.2, 0) is 23.2 Å². The maximum Gasteiger partial charge on any atom is 0.236 e. The van der Waals surface area contributed by atoms with Gasteiger partial charge in [-0.3, -0.25) is 19.2 Å². The van der Waals surface area contributed by atoms with Gasteiger partial charge in [0.25, 0.3) is 0 Å². The molecule has 3 heterocycles. The average Bonchev–Trinajstić information content (AvgIpc) is 3.27. The zero-order valence-corrected chi connectivity index (χ0v) is 15.5. The van der Waals surface area contributed by atoms with Gasteiger partial charge in [0.1, 0.15) is 0 Å².